The van der Waals surface area contributed by atoms with Gasteiger partial charge < -0.3 is 9.80 Å². The largest absolute Gasteiger partial charge is 0.400 e. The van der Waals surface area contributed by atoms with Crippen molar-refractivity contribution in [1.29, 1.82) is 0 Å². The number of nitrogens with zero attached hydrogens (tertiary/aromatic N) is 4. The molecule has 0 fully saturated rings. The van der Waals surface area contributed by atoms with Crippen LogP contribution in [0.3, 0.4) is 0 Å². The molecule has 3 heterocycles. The Labute approximate surface area is 229 Å². The Morgan fingerprint density at radius 3 is 2.45 bits per heavy atom. The van der Waals surface area contributed by atoms with E-state index in [-0.39, 0.29) is 5.56 Å². The first-order valence-electron chi connectivity index (χ1n) is 12.0. The van der Waals surface area contributed by atoms with Gasteiger partial charge in [-0.3, -0.25) is 9.98 Å². The van der Waals surface area contributed by atoms with Gasteiger partial charge in [0.25, 0.3) is 0 Å². The molecule has 0 saturated heterocycles. The molecular weight excluding hydrogens is 539 g/mol. The van der Waals surface area contributed by atoms with Gasteiger partial charge in [-0.1, -0.05) is 55.6 Å². The van der Waals surface area contributed by atoms with Crippen LogP contribution in [0.2, 0.25) is 10.0 Å². The summed E-state index contributed by atoms with van der Waals surface area (Å²) in [5, 5.41) is -0.921. The molecule has 0 radical (unpaired) electrons. The molecule has 38 heavy (non-hydrogen) atoms. The molecule has 0 aliphatic carbocycles. The molecule has 200 valence electrons. The SMILES string of the molecule is C#CCN(C(=C)CCC)C(=C)c1cc2c(cn1)CN(C1=NCC(c3cc(Cl)c(F)c(Cl)c3)(C(F)(F)F)C1)C2. The van der Waals surface area contributed by atoms with E-state index in [9.17, 15) is 17.6 Å². The van der Waals surface area contributed by atoms with Gasteiger partial charge >= 0.3 is 6.18 Å². The lowest BCUT2D eigenvalue weighted by atomic mass is 9.78. The number of alkyl halides is 3. The van der Waals surface area contributed by atoms with Crippen LogP contribution in [-0.2, 0) is 18.5 Å². The predicted molar refractivity (Wildman–Crippen MR) is 143 cm³/mol. The number of fused-ring (bicyclic) bond motifs is 1. The number of hydrogen-bond donors (Lipinski definition) is 0. The standard InChI is InChI=1S/C28H26Cl2F4N4/c1-5-7-17(3)38(8-6-2)18(4)24-9-19-14-37(15-20(19)13-35-24)25-12-27(16-36-25,28(32,33)34)21-10-22(29)26(31)23(30)11-21/h2,9-11,13H,3-5,7-8,12,14-16H2,1H3. The Hall–Kier alpha value is -3.02. The van der Waals surface area contributed by atoms with E-state index in [0.29, 0.717) is 36.9 Å². The number of halogens is 6. The molecule has 10 heteroatoms. The average Bonchev–Trinajstić information content (AvgIpc) is 3.50. The molecule has 1 atom stereocenters. The minimum atomic E-state index is -4.66. The zero-order valence-electron chi connectivity index (χ0n) is 20.8. The third kappa shape index (κ3) is 5.02. The quantitative estimate of drug-likeness (QED) is 0.200. The number of terminal acetylenes is 1. The van der Waals surface area contributed by atoms with Gasteiger partial charge in [-0.25, -0.2) is 4.39 Å². The first kappa shape index (κ1) is 28.0. The minimum Gasteiger partial charge on any atom is -0.352 e. The monoisotopic (exact) mass is 564 g/mol. The average molecular weight is 565 g/mol. The van der Waals surface area contributed by atoms with Crippen LogP contribution < -0.4 is 0 Å². The summed E-state index contributed by atoms with van der Waals surface area (Å²) in [5.74, 6) is 1.98. The lowest BCUT2D eigenvalue weighted by molar-refractivity contribution is -0.184. The van der Waals surface area contributed by atoms with E-state index in [0.717, 1.165) is 41.8 Å². The number of hydrogen-bond acceptors (Lipinski definition) is 4. The summed E-state index contributed by atoms with van der Waals surface area (Å²) in [6, 6.07) is 3.86. The fraction of sp³-hybridized carbons (Fsp3) is 0.357. The number of amidine groups is 1. The van der Waals surface area contributed by atoms with Crippen LogP contribution in [0.1, 0.15) is 48.6 Å². The van der Waals surface area contributed by atoms with Crippen LogP contribution in [-0.4, -0.2) is 39.9 Å². The summed E-state index contributed by atoms with van der Waals surface area (Å²) in [4.78, 5) is 12.5. The van der Waals surface area contributed by atoms with Gasteiger partial charge in [-0.05, 0) is 41.3 Å². The molecule has 0 saturated carbocycles. The Kier molecular flexibility index (Phi) is 7.83. The summed E-state index contributed by atoms with van der Waals surface area (Å²) >= 11 is 11.7. The molecule has 0 N–H and O–H groups in total. The first-order chi connectivity index (χ1) is 17.9. The topological polar surface area (TPSA) is 31.7 Å². The lowest BCUT2D eigenvalue weighted by Crippen LogP contribution is -2.44. The Balaban J connectivity index is 1.56. The van der Waals surface area contributed by atoms with Crippen molar-refractivity contribution in [3.8, 4) is 12.3 Å². The molecule has 2 aliphatic heterocycles. The molecule has 1 aromatic carbocycles. The maximum atomic E-state index is 14.5. The summed E-state index contributed by atoms with van der Waals surface area (Å²) in [7, 11) is 0. The molecular formula is C28H26Cl2F4N4. The maximum absolute atomic E-state index is 14.5. The summed E-state index contributed by atoms with van der Waals surface area (Å²) in [6.07, 6.45) is 3.83. The van der Waals surface area contributed by atoms with Crippen LogP contribution >= 0.6 is 23.2 Å². The first-order valence-corrected chi connectivity index (χ1v) is 12.7. The molecule has 4 nitrogen and oxygen atoms in total. The molecule has 2 aliphatic rings. The van der Waals surface area contributed by atoms with Crippen molar-refractivity contribution in [3.63, 3.8) is 0 Å². The van der Waals surface area contributed by atoms with E-state index in [1.165, 1.54) is 0 Å². The Morgan fingerprint density at radius 2 is 1.84 bits per heavy atom. The number of aliphatic imine (C=N–C) groups is 1. The highest BCUT2D eigenvalue weighted by Crippen LogP contribution is 2.49. The molecule has 2 aromatic rings. The normalized spacial score (nSPS) is 18.7. The zero-order valence-corrected chi connectivity index (χ0v) is 22.3. The van der Waals surface area contributed by atoms with Crippen molar-refractivity contribution in [2.75, 3.05) is 13.1 Å². The van der Waals surface area contributed by atoms with Crippen LogP contribution in [0.25, 0.3) is 5.70 Å². The van der Waals surface area contributed by atoms with Crippen molar-refractivity contribution < 1.29 is 17.6 Å². The summed E-state index contributed by atoms with van der Waals surface area (Å²) < 4.78 is 57.4. The van der Waals surface area contributed by atoms with E-state index >= 15 is 0 Å². The summed E-state index contributed by atoms with van der Waals surface area (Å²) in [6.45, 7) is 10.8. The summed E-state index contributed by atoms with van der Waals surface area (Å²) in [5.41, 5.74) is 1.30. The number of aromatic nitrogens is 1. The highest BCUT2D eigenvalue weighted by Gasteiger charge is 2.59. The van der Waals surface area contributed by atoms with E-state index in [1.54, 1.807) is 11.1 Å². The van der Waals surface area contributed by atoms with Crippen LogP contribution in [0.4, 0.5) is 17.6 Å². The molecule has 1 unspecified atom stereocenters. The Morgan fingerprint density at radius 1 is 1.18 bits per heavy atom. The van der Waals surface area contributed by atoms with Crippen LogP contribution in [0.15, 0.2) is 48.2 Å². The second-order valence-corrected chi connectivity index (χ2v) is 10.3. The number of allylic oxidation sites excluding steroid dienone is 1. The molecule has 0 bridgehead atoms. The van der Waals surface area contributed by atoms with Crippen LogP contribution in [0.5, 0.6) is 0 Å². The van der Waals surface area contributed by atoms with Gasteiger partial charge in [-0.15, -0.1) is 6.42 Å². The molecule has 4 rings (SSSR count). The van der Waals surface area contributed by atoms with Gasteiger partial charge in [0.1, 0.15) is 11.3 Å². The maximum Gasteiger partial charge on any atom is 0.400 e. The Bertz CT molecular complexity index is 1340. The van der Waals surface area contributed by atoms with Gasteiger partial charge in [0.15, 0.2) is 5.82 Å². The van der Waals surface area contributed by atoms with E-state index in [2.05, 4.69) is 29.1 Å². The molecule has 0 spiro atoms. The molecule has 1 aromatic heterocycles. The second-order valence-electron chi connectivity index (χ2n) is 9.49. The zero-order chi connectivity index (χ0) is 27.8. The van der Waals surface area contributed by atoms with E-state index in [4.69, 9.17) is 29.6 Å². The minimum absolute atomic E-state index is 0.210. The fourth-order valence-corrected chi connectivity index (χ4v) is 5.36. The number of rotatable bonds is 7. The highest BCUT2D eigenvalue weighted by molar-refractivity contribution is 6.35. The fourth-order valence-electron chi connectivity index (χ4n) is 4.87. The van der Waals surface area contributed by atoms with Gasteiger partial charge in [0.05, 0.1) is 34.5 Å². The third-order valence-electron chi connectivity index (χ3n) is 7.03. The van der Waals surface area contributed by atoms with E-state index < -0.39 is 40.4 Å². The van der Waals surface area contributed by atoms with Crippen molar-refractivity contribution >= 4 is 34.7 Å². The lowest BCUT2D eigenvalue weighted by Gasteiger charge is -2.32. The van der Waals surface area contributed by atoms with Crippen molar-refractivity contribution in [2.45, 2.75) is 50.9 Å². The predicted octanol–water partition coefficient (Wildman–Crippen LogP) is 7.37. The van der Waals surface area contributed by atoms with E-state index in [1.807, 2.05) is 17.9 Å². The van der Waals surface area contributed by atoms with Crippen molar-refractivity contribution in [1.82, 2.24) is 14.8 Å². The van der Waals surface area contributed by atoms with Crippen molar-refractivity contribution in [2.24, 2.45) is 4.99 Å². The second kappa shape index (κ2) is 10.6. The van der Waals surface area contributed by atoms with Gasteiger partial charge in [-0.2, -0.15) is 13.2 Å². The molecule has 0 amide bonds. The van der Waals surface area contributed by atoms with Crippen molar-refractivity contribution in [3.05, 3.63) is 81.5 Å². The van der Waals surface area contributed by atoms with Crippen LogP contribution in [0, 0.1) is 18.2 Å². The number of pyridine rings is 1. The van der Waals surface area contributed by atoms with Gasteiger partial charge in [0, 0.05) is 31.4 Å². The third-order valence-corrected chi connectivity index (χ3v) is 7.58. The smallest absolute Gasteiger partial charge is 0.352 e. The number of benzene rings is 1. The highest BCUT2D eigenvalue weighted by atomic mass is 35.5. The van der Waals surface area contributed by atoms with Gasteiger partial charge in [0.2, 0.25) is 0 Å².